The molecule has 150 valence electrons. The number of benzene rings is 1. The van der Waals surface area contributed by atoms with E-state index in [0.717, 1.165) is 38.2 Å². The van der Waals surface area contributed by atoms with E-state index in [1.165, 1.54) is 0 Å². The lowest BCUT2D eigenvalue weighted by atomic mass is 9.98. The van der Waals surface area contributed by atoms with Crippen molar-refractivity contribution in [3.8, 4) is 0 Å². The highest BCUT2D eigenvalue weighted by molar-refractivity contribution is 5.99. The predicted octanol–water partition coefficient (Wildman–Crippen LogP) is 1.73. The lowest BCUT2D eigenvalue weighted by Gasteiger charge is -2.38. The molecule has 3 atom stereocenters. The molecule has 3 rings (SSSR count). The number of nitrogens with two attached hydrogens (primary N) is 1. The van der Waals surface area contributed by atoms with Crippen molar-refractivity contribution in [2.45, 2.75) is 38.8 Å². The van der Waals surface area contributed by atoms with E-state index in [9.17, 15) is 9.59 Å². The van der Waals surface area contributed by atoms with Gasteiger partial charge >= 0.3 is 0 Å². The third-order valence-electron chi connectivity index (χ3n) is 5.85. The Kier molecular flexibility index (Phi) is 7.65. The Bertz CT molecular complexity index is 634. The van der Waals surface area contributed by atoms with E-state index >= 15 is 0 Å². The SMILES string of the molecule is CCC(C)C(N)C(=O)N1CCN(C2CCN(c3ccccc3)C2=O)CC1.Cl. The largest absolute Gasteiger partial charge is 0.339 e. The van der Waals surface area contributed by atoms with Gasteiger partial charge in [-0.25, -0.2) is 0 Å². The molecule has 0 aliphatic carbocycles. The minimum absolute atomic E-state index is 0. The Morgan fingerprint density at radius 1 is 1.15 bits per heavy atom. The number of carbonyl (C=O) groups is 2. The molecule has 2 N–H and O–H groups in total. The number of anilines is 1. The van der Waals surface area contributed by atoms with Gasteiger partial charge in [-0.2, -0.15) is 0 Å². The number of carbonyl (C=O) groups excluding carboxylic acids is 2. The van der Waals surface area contributed by atoms with Crippen molar-refractivity contribution in [3.05, 3.63) is 30.3 Å². The number of piperazine rings is 1. The Labute approximate surface area is 168 Å². The van der Waals surface area contributed by atoms with Crippen LogP contribution >= 0.6 is 12.4 Å². The highest BCUT2D eigenvalue weighted by Gasteiger charge is 2.38. The van der Waals surface area contributed by atoms with Gasteiger partial charge in [-0.15, -0.1) is 12.4 Å². The van der Waals surface area contributed by atoms with Gasteiger partial charge in [0.2, 0.25) is 11.8 Å². The summed E-state index contributed by atoms with van der Waals surface area (Å²) in [4.78, 5) is 31.3. The molecule has 2 saturated heterocycles. The molecule has 6 nitrogen and oxygen atoms in total. The summed E-state index contributed by atoms with van der Waals surface area (Å²) in [6.07, 6.45) is 1.74. The molecule has 0 bridgehead atoms. The normalized spacial score (nSPS) is 23.1. The Balaban J connectivity index is 0.00000261. The van der Waals surface area contributed by atoms with Crippen LogP contribution in [0.15, 0.2) is 30.3 Å². The molecule has 0 radical (unpaired) electrons. The predicted molar refractivity (Wildman–Crippen MR) is 110 cm³/mol. The van der Waals surface area contributed by atoms with Crippen LogP contribution in [-0.4, -0.2) is 66.4 Å². The molecule has 2 amide bonds. The minimum atomic E-state index is -0.423. The highest BCUT2D eigenvalue weighted by Crippen LogP contribution is 2.25. The van der Waals surface area contributed by atoms with E-state index in [1.54, 1.807) is 0 Å². The van der Waals surface area contributed by atoms with Crippen LogP contribution in [-0.2, 0) is 9.59 Å². The maximum Gasteiger partial charge on any atom is 0.244 e. The quantitative estimate of drug-likeness (QED) is 0.825. The first-order valence-corrected chi connectivity index (χ1v) is 9.67. The van der Waals surface area contributed by atoms with E-state index in [1.807, 2.05) is 47.1 Å². The molecule has 2 fully saturated rings. The Morgan fingerprint density at radius 3 is 2.37 bits per heavy atom. The Hall–Kier alpha value is -1.63. The van der Waals surface area contributed by atoms with Crippen LogP contribution in [0.5, 0.6) is 0 Å². The molecule has 1 aromatic carbocycles. The summed E-state index contributed by atoms with van der Waals surface area (Å²) >= 11 is 0. The molecule has 2 aliphatic rings. The maximum atomic E-state index is 12.8. The lowest BCUT2D eigenvalue weighted by molar-refractivity contribution is -0.136. The second-order valence-corrected chi connectivity index (χ2v) is 7.40. The second kappa shape index (κ2) is 9.53. The highest BCUT2D eigenvalue weighted by atomic mass is 35.5. The molecule has 0 saturated carbocycles. The van der Waals surface area contributed by atoms with E-state index in [-0.39, 0.29) is 36.2 Å². The molecule has 27 heavy (non-hydrogen) atoms. The van der Waals surface area contributed by atoms with Crippen LogP contribution in [0.25, 0.3) is 0 Å². The van der Waals surface area contributed by atoms with Crippen molar-refractivity contribution in [2.24, 2.45) is 11.7 Å². The lowest BCUT2D eigenvalue weighted by Crippen LogP contribution is -2.57. The number of para-hydroxylation sites is 1. The summed E-state index contributed by atoms with van der Waals surface area (Å²) < 4.78 is 0. The van der Waals surface area contributed by atoms with Gasteiger partial charge in [0.1, 0.15) is 0 Å². The zero-order valence-corrected chi connectivity index (χ0v) is 17.0. The summed E-state index contributed by atoms with van der Waals surface area (Å²) in [5.41, 5.74) is 7.06. The average Bonchev–Trinajstić information content (AvgIpc) is 3.08. The van der Waals surface area contributed by atoms with Crippen molar-refractivity contribution >= 4 is 29.9 Å². The molecular formula is C20H31ClN4O2. The van der Waals surface area contributed by atoms with Gasteiger partial charge < -0.3 is 15.5 Å². The molecular weight excluding hydrogens is 364 g/mol. The summed E-state index contributed by atoms with van der Waals surface area (Å²) in [6, 6.07) is 9.34. The van der Waals surface area contributed by atoms with Crippen molar-refractivity contribution < 1.29 is 9.59 Å². The number of halogens is 1. The number of hydrogen-bond acceptors (Lipinski definition) is 4. The first-order chi connectivity index (χ1) is 12.5. The zero-order valence-electron chi connectivity index (χ0n) is 16.2. The number of rotatable bonds is 5. The average molecular weight is 395 g/mol. The number of amides is 2. The van der Waals surface area contributed by atoms with E-state index in [2.05, 4.69) is 11.8 Å². The number of nitrogens with zero attached hydrogens (tertiary/aromatic N) is 3. The van der Waals surface area contributed by atoms with Gasteiger partial charge in [-0.1, -0.05) is 38.5 Å². The fourth-order valence-electron chi connectivity index (χ4n) is 3.83. The molecule has 3 unspecified atom stereocenters. The van der Waals surface area contributed by atoms with E-state index < -0.39 is 6.04 Å². The van der Waals surface area contributed by atoms with Crippen LogP contribution in [0.2, 0.25) is 0 Å². The van der Waals surface area contributed by atoms with Gasteiger partial charge in [-0.05, 0) is 24.5 Å². The van der Waals surface area contributed by atoms with Crippen LogP contribution in [0.4, 0.5) is 5.69 Å². The monoisotopic (exact) mass is 394 g/mol. The van der Waals surface area contributed by atoms with Crippen molar-refractivity contribution in [2.75, 3.05) is 37.6 Å². The standard InChI is InChI=1S/C20H30N4O2.ClH/c1-3-15(2)18(21)20(26)23-13-11-22(12-14-23)17-9-10-24(19(17)25)16-7-5-4-6-8-16;/h4-8,15,17-18H,3,9-14,21H2,1-2H3;1H. The zero-order chi connectivity index (χ0) is 18.7. The summed E-state index contributed by atoms with van der Waals surface area (Å²) in [7, 11) is 0. The molecule has 2 aliphatic heterocycles. The summed E-state index contributed by atoms with van der Waals surface area (Å²) in [5.74, 6) is 0.409. The van der Waals surface area contributed by atoms with Crippen LogP contribution < -0.4 is 10.6 Å². The fraction of sp³-hybridized carbons (Fsp3) is 0.600. The van der Waals surface area contributed by atoms with Gasteiger partial charge in [0, 0.05) is 38.4 Å². The molecule has 7 heteroatoms. The topological polar surface area (TPSA) is 69.9 Å². The van der Waals surface area contributed by atoms with Gasteiger partial charge in [-0.3, -0.25) is 14.5 Å². The van der Waals surface area contributed by atoms with Crippen molar-refractivity contribution in [1.29, 1.82) is 0 Å². The summed E-state index contributed by atoms with van der Waals surface area (Å²) in [6.45, 7) is 7.60. The van der Waals surface area contributed by atoms with E-state index in [0.29, 0.717) is 13.1 Å². The van der Waals surface area contributed by atoms with Crippen molar-refractivity contribution in [1.82, 2.24) is 9.80 Å². The second-order valence-electron chi connectivity index (χ2n) is 7.40. The van der Waals surface area contributed by atoms with Gasteiger partial charge in [0.15, 0.2) is 0 Å². The minimum Gasteiger partial charge on any atom is -0.339 e. The molecule has 1 aromatic rings. The van der Waals surface area contributed by atoms with Crippen LogP contribution in [0, 0.1) is 5.92 Å². The fourth-order valence-corrected chi connectivity index (χ4v) is 3.83. The molecule has 2 heterocycles. The van der Waals surface area contributed by atoms with Crippen molar-refractivity contribution in [3.63, 3.8) is 0 Å². The number of hydrogen-bond donors (Lipinski definition) is 1. The van der Waals surface area contributed by atoms with Crippen LogP contribution in [0.3, 0.4) is 0 Å². The smallest absolute Gasteiger partial charge is 0.244 e. The van der Waals surface area contributed by atoms with Crippen LogP contribution in [0.1, 0.15) is 26.7 Å². The first kappa shape index (κ1) is 21.7. The third kappa shape index (κ3) is 4.62. The van der Waals surface area contributed by atoms with E-state index in [4.69, 9.17) is 5.73 Å². The Morgan fingerprint density at radius 2 is 1.78 bits per heavy atom. The first-order valence-electron chi connectivity index (χ1n) is 9.67. The van der Waals surface area contributed by atoms with Gasteiger partial charge in [0.25, 0.3) is 0 Å². The molecule has 0 spiro atoms. The summed E-state index contributed by atoms with van der Waals surface area (Å²) in [5, 5.41) is 0. The van der Waals surface area contributed by atoms with Gasteiger partial charge in [0.05, 0.1) is 12.1 Å². The third-order valence-corrected chi connectivity index (χ3v) is 5.85. The molecule has 0 aromatic heterocycles. The maximum absolute atomic E-state index is 12.8.